The zero-order valence-electron chi connectivity index (χ0n) is 11.7. The third-order valence-electron chi connectivity index (χ3n) is 3.78. The van der Waals surface area contributed by atoms with Gasteiger partial charge in [0.05, 0.1) is 11.3 Å². The van der Waals surface area contributed by atoms with Crippen LogP contribution in [-0.4, -0.2) is 49.7 Å². The number of hydrogen-bond acceptors (Lipinski definition) is 4. The third-order valence-corrected chi connectivity index (χ3v) is 4.72. The van der Waals surface area contributed by atoms with E-state index in [1.165, 1.54) is 19.1 Å². The van der Waals surface area contributed by atoms with Crippen molar-refractivity contribution in [1.29, 1.82) is 0 Å². The molecule has 0 N–H and O–H groups in total. The van der Waals surface area contributed by atoms with E-state index in [0.29, 0.717) is 0 Å². The van der Waals surface area contributed by atoms with Crippen LogP contribution in [0.1, 0.15) is 46.0 Å². The molecule has 106 valence electrons. The Balaban J connectivity index is 2.62. The summed E-state index contributed by atoms with van der Waals surface area (Å²) in [4.78, 5) is 14.4. The van der Waals surface area contributed by atoms with Gasteiger partial charge in [-0.25, -0.2) is 8.42 Å². The van der Waals surface area contributed by atoms with E-state index in [4.69, 9.17) is 0 Å². The summed E-state index contributed by atoms with van der Waals surface area (Å²) in [5.74, 6) is -0.00171. The van der Waals surface area contributed by atoms with Gasteiger partial charge in [0.25, 0.3) is 0 Å². The van der Waals surface area contributed by atoms with Crippen LogP contribution in [0.25, 0.3) is 0 Å². The molecule has 1 heterocycles. The van der Waals surface area contributed by atoms with E-state index in [2.05, 4.69) is 4.90 Å². The quantitative estimate of drug-likeness (QED) is 0.765. The van der Waals surface area contributed by atoms with Crippen molar-refractivity contribution in [2.24, 2.45) is 0 Å². The van der Waals surface area contributed by atoms with Gasteiger partial charge in [-0.05, 0) is 39.8 Å². The monoisotopic (exact) mass is 275 g/mol. The van der Waals surface area contributed by atoms with Crippen LogP contribution >= 0.6 is 0 Å². The minimum absolute atomic E-state index is 0.0369. The molecule has 0 bridgehead atoms. The summed E-state index contributed by atoms with van der Waals surface area (Å²) in [6.07, 6.45) is 6.02. The second-order valence-electron chi connectivity index (χ2n) is 5.76. The third kappa shape index (κ3) is 4.69. The summed E-state index contributed by atoms with van der Waals surface area (Å²) >= 11 is 0. The number of nitrogens with zero attached hydrogens (tertiary/aromatic N) is 1. The van der Waals surface area contributed by atoms with Crippen LogP contribution in [-0.2, 0) is 14.6 Å². The summed E-state index contributed by atoms with van der Waals surface area (Å²) < 4.78 is 22.3. The maximum Gasteiger partial charge on any atom is 0.153 e. The molecule has 1 saturated heterocycles. The SMILES string of the molecule is CC(C)(C(=O)CCS(C)(=O)=O)N1CCCCCC1. The molecule has 5 heteroatoms. The lowest BCUT2D eigenvalue weighted by Crippen LogP contribution is -2.50. The Morgan fingerprint density at radius 1 is 1.11 bits per heavy atom. The first kappa shape index (κ1) is 15.6. The Kier molecular flexibility index (Phi) is 5.34. The van der Waals surface area contributed by atoms with E-state index in [9.17, 15) is 13.2 Å². The zero-order chi connectivity index (χ0) is 13.8. The first-order chi connectivity index (χ1) is 8.23. The van der Waals surface area contributed by atoms with Crippen molar-refractivity contribution < 1.29 is 13.2 Å². The summed E-state index contributed by atoms with van der Waals surface area (Å²) in [5, 5.41) is 0. The van der Waals surface area contributed by atoms with Gasteiger partial charge in [0.15, 0.2) is 5.78 Å². The van der Waals surface area contributed by atoms with Gasteiger partial charge < -0.3 is 0 Å². The number of hydrogen-bond donors (Lipinski definition) is 0. The normalized spacial score (nSPS) is 19.5. The Labute approximate surface area is 111 Å². The average Bonchev–Trinajstić information content (AvgIpc) is 2.53. The minimum Gasteiger partial charge on any atom is -0.298 e. The van der Waals surface area contributed by atoms with Gasteiger partial charge in [0.2, 0.25) is 0 Å². The maximum absolute atomic E-state index is 12.2. The lowest BCUT2D eigenvalue weighted by Gasteiger charge is -2.36. The van der Waals surface area contributed by atoms with Gasteiger partial charge >= 0.3 is 0 Å². The molecule has 0 unspecified atom stereocenters. The molecule has 1 aliphatic heterocycles. The molecule has 0 radical (unpaired) electrons. The summed E-state index contributed by atoms with van der Waals surface area (Å²) in [6, 6.07) is 0. The molecular weight excluding hydrogens is 250 g/mol. The topological polar surface area (TPSA) is 54.5 Å². The van der Waals surface area contributed by atoms with Gasteiger partial charge in [-0.1, -0.05) is 12.8 Å². The van der Waals surface area contributed by atoms with E-state index >= 15 is 0 Å². The molecule has 18 heavy (non-hydrogen) atoms. The first-order valence-electron chi connectivity index (χ1n) is 6.69. The summed E-state index contributed by atoms with van der Waals surface area (Å²) in [6.45, 7) is 5.72. The maximum atomic E-state index is 12.2. The van der Waals surface area contributed by atoms with Gasteiger partial charge in [0.1, 0.15) is 9.84 Å². The Morgan fingerprint density at radius 2 is 1.61 bits per heavy atom. The molecule has 1 fully saturated rings. The van der Waals surface area contributed by atoms with Crippen LogP contribution in [0.3, 0.4) is 0 Å². The zero-order valence-corrected chi connectivity index (χ0v) is 12.6. The fourth-order valence-corrected chi connectivity index (χ4v) is 2.95. The summed E-state index contributed by atoms with van der Waals surface area (Å²) in [7, 11) is -3.06. The highest BCUT2D eigenvalue weighted by molar-refractivity contribution is 7.90. The van der Waals surface area contributed by atoms with Crippen LogP contribution < -0.4 is 0 Å². The van der Waals surface area contributed by atoms with Crippen LogP contribution in [0.15, 0.2) is 0 Å². The van der Waals surface area contributed by atoms with E-state index < -0.39 is 15.4 Å². The molecule has 0 saturated carbocycles. The van der Waals surface area contributed by atoms with Crippen molar-refractivity contribution in [2.75, 3.05) is 25.1 Å². The van der Waals surface area contributed by atoms with Crippen molar-refractivity contribution in [1.82, 2.24) is 4.90 Å². The van der Waals surface area contributed by atoms with Gasteiger partial charge in [-0.2, -0.15) is 0 Å². The highest BCUT2D eigenvalue weighted by Crippen LogP contribution is 2.22. The second kappa shape index (κ2) is 6.15. The van der Waals surface area contributed by atoms with Crippen LogP contribution in [0, 0.1) is 0 Å². The molecule has 1 rings (SSSR count). The number of ketones is 1. The van der Waals surface area contributed by atoms with Gasteiger partial charge in [0, 0.05) is 12.7 Å². The molecule has 4 nitrogen and oxygen atoms in total. The average molecular weight is 275 g/mol. The molecule has 0 aliphatic carbocycles. The highest BCUT2D eigenvalue weighted by atomic mass is 32.2. The molecule has 0 atom stereocenters. The van der Waals surface area contributed by atoms with E-state index in [0.717, 1.165) is 25.9 Å². The summed E-state index contributed by atoms with van der Waals surface area (Å²) in [5.41, 5.74) is -0.533. The van der Waals surface area contributed by atoms with Gasteiger partial charge in [-0.3, -0.25) is 9.69 Å². The molecule has 0 spiro atoms. The fourth-order valence-electron chi connectivity index (χ4n) is 2.39. The lowest BCUT2D eigenvalue weighted by atomic mass is 9.94. The van der Waals surface area contributed by atoms with Crippen LogP contribution in [0.2, 0.25) is 0 Å². The van der Waals surface area contributed by atoms with Crippen molar-refractivity contribution in [3.63, 3.8) is 0 Å². The smallest absolute Gasteiger partial charge is 0.153 e. The van der Waals surface area contributed by atoms with E-state index in [1.54, 1.807) is 0 Å². The van der Waals surface area contributed by atoms with Crippen LogP contribution in [0.5, 0.6) is 0 Å². The van der Waals surface area contributed by atoms with E-state index in [1.807, 2.05) is 13.8 Å². The van der Waals surface area contributed by atoms with Crippen molar-refractivity contribution in [3.8, 4) is 0 Å². The number of sulfone groups is 1. The molecule has 0 amide bonds. The first-order valence-corrected chi connectivity index (χ1v) is 8.75. The van der Waals surface area contributed by atoms with Crippen molar-refractivity contribution >= 4 is 15.6 Å². The second-order valence-corrected chi connectivity index (χ2v) is 8.02. The number of rotatable bonds is 5. The Hall–Kier alpha value is -0.420. The van der Waals surface area contributed by atoms with E-state index in [-0.39, 0.29) is 18.0 Å². The van der Waals surface area contributed by atoms with Crippen LogP contribution in [0.4, 0.5) is 0 Å². The lowest BCUT2D eigenvalue weighted by molar-refractivity contribution is -0.129. The highest BCUT2D eigenvalue weighted by Gasteiger charge is 2.34. The van der Waals surface area contributed by atoms with Gasteiger partial charge in [-0.15, -0.1) is 0 Å². The molecular formula is C13H25NO3S. The largest absolute Gasteiger partial charge is 0.298 e. The Morgan fingerprint density at radius 3 is 2.06 bits per heavy atom. The predicted molar refractivity (Wildman–Crippen MR) is 73.5 cm³/mol. The minimum atomic E-state index is -3.06. The molecule has 0 aromatic rings. The Bertz CT molecular complexity index is 379. The standard InChI is InChI=1S/C13H25NO3S/c1-13(2,12(15)8-11-18(3,16)17)14-9-6-4-5-7-10-14/h4-11H2,1-3H3. The molecule has 0 aromatic carbocycles. The number of carbonyl (C=O) groups is 1. The molecule has 0 aromatic heterocycles. The molecule has 1 aliphatic rings. The number of carbonyl (C=O) groups excluding carboxylic acids is 1. The number of Topliss-reactive ketones (excluding diaryl/α,β-unsaturated/α-hetero) is 1. The van der Waals surface area contributed by atoms with Crippen molar-refractivity contribution in [3.05, 3.63) is 0 Å². The van der Waals surface area contributed by atoms with Crippen molar-refractivity contribution in [2.45, 2.75) is 51.5 Å². The fraction of sp³-hybridized carbons (Fsp3) is 0.923. The number of likely N-dealkylation sites (tertiary alicyclic amines) is 1. The predicted octanol–water partition coefficient (Wildman–Crippen LogP) is 1.64.